The second-order valence-corrected chi connectivity index (χ2v) is 6.34. The van der Waals surface area contributed by atoms with Crippen LogP contribution in [0.5, 0.6) is 0 Å². The molecule has 1 aliphatic rings. The molecule has 1 aliphatic heterocycles. The summed E-state index contributed by atoms with van der Waals surface area (Å²) in [7, 11) is 0. The topological polar surface area (TPSA) is 56.4 Å². The summed E-state index contributed by atoms with van der Waals surface area (Å²) < 4.78 is 0. The van der Waals surface area contributed by atoms with E-state index in [1.807, 2.05) is 66.9 Å². The number of rotatable bonds is 3. The lowest BCUT2D eigenvalue weighted by Gasteiger charge is -2.40. The summed E-state index contributed by atoms with van der Waals surface area (Å²) in [5.41, 5.74) is 3.46. The minimum absolute atomic E-state index is 0.540. The normalized spacial score (nSPS) is 14.2. The fraction of sp³-hybridized carbons (Fsp3) is 0.0476. The molecule has 0 unspecified atom stereocenters. The van der Waals surface area contributed by atoms with Gasteiger partial charge >= 0.3 is 0 Å². The van der Waals surface area contributed by atoms with Crippen LogP contribution in [-0.4, -0.2) is 17.8 Å². The van der Waals surface area contributed by atoms with Crippen LogP contribution in [0.15, 0.2) is 66.9 Å². The molecule has 0 radical (unpaired) electrons. The Kier molecular flexibility index (Phi) is 3.09. The van der Waals surface area contributed by atoms with Crippen LogP contribution in [0.3, 0.4) is 0 Å². The van der Waals surface area contributed by atoms with Gasteiger partial charge in [0.05, 0.1) is 11.4 Å². The monoisotopic (exact) mass is 341 g/mol. The number of carbonyl (C=O) groups is 2. The molecule has 26 heavy (non-hydrogen) atoms. The maximum absolute atomic E-state index is 12.1. The molecule has 126 valence electrons. The fourth-order valence-corrected chi connectivity index (χ4v) is 3.97. The molecule has 0 atom stereocenters. The number of amides is 2. The molecule has 5 rings (SSSR count). The Morgan fingerprint density at radius 2 is 1.46 bits per heavy atom. The molecule has 1 N–H and O–H groups in total. The van der Waals surface area contributed by atoms with E-state index in [0.717, 1.165) is 51.4 Å². The van der Waals surface area contributed by atoms with Gasteiger partial charge in [-0.2, -0.15) is 0 Å². The van der Waals surface area contributed by atoms with E-state index in [1.165, 1.54) is 0 Å². The quantitative estimate of drug-likeness (QED) is 0.574. The molecule has 2 heterocycles. The average Bonchev–Trinajstić information content (AvgIpc) is 3.12. The van der Waals surface area contributed by atoms with Crippen LogP contribution in [0.2, 0.25) is 0 Å². The standard InChI is InChI=1S/C21H15N3O2/c25-12-23-18-9-3-5-14-6-4-10-19(20(14)18)24(13-26)21(23)16-11-22-17-8-2-1-7-15(16)17/h1-13,21-22H. The number of aromatic nitrogens is 1. The van der Waals surface area contributed by atoms with Crippen molar-refractivity contribution in [1.29, 1.82) is 0 Å². The Morgan fingerprint density at radius 3 is 2.12 bits per heavy atom. The number of hydrogen-bond donors (Lipinski definition) is 1. The lowest BCUT2D eigenvalue weighted by molar-refractivity contribution is -0.109. The summed E-state index contributed by atoms with van der Waals surface area (Å²) in [5, 5.41) is 2.89. The van der Waals surface area contributed by atoms with Crippen LogP contribution in [0.25, 0.3) is 21.7 Å². The first kappa shape index (κ1) is 14.7. The number of aromatic amines is 1. The minimum Gasteiger partial charge on any atom is -0.361 e. The van der Waals surface area contributed by atoms with Gasteiger partial charge in [0.1, 0.15) is 6.17 Å². The predicted molar refractivity (Wildman–Crippen MR) is 102 cm³/mol. The molecule has 0 saturated carbocycles. The van der Waals surface area contributed by atoms with Gasteiger partial charge in [0.25, 0.3) is 0 Å². The van der Waals surface area contributed by atoms with E-state index in [2.05, 4.69) is 4.98 Å². The minimum atomic E-state index is -0.540. The Hall–Kier alpha value is -3.60. The van der Waals surface area contributed by atoms with Crippen molar-refractivity contribution in [3.63, 3.8) is 0 Å². The van der Waals surface area contributed by atoms with Crippen LogP contribution in [0, 0.1) is 0 Å². The number of H-pyrrole nitrogens is 1. The van der Waals surface area contributed by atoms with Crippen molar-refractivity contribution in [3.8, 4) is 0 Å². The molecule has 1 aromatic heterocycles. The second-order valence-electron chi connectivity index (χ2n) is 6.34. The van der Waals surface area contributed by atoms with Gasteiger partial charge in [0, 0.05) is 28.0 Å². The molecular formula is C21H15N3O2. The van der Waals surface area contributed by atoms with Crippen molar-refractivity contribution in [2.24, 2.45) is 0 Å². The van der Waals surface area contributed by atoms with Gasteiger partial charge in [0.2, 0.25) is 12.8 Å². The third-order valence-corrected chi connectivity index (χ3v) is 5.07. The summed E-state index contributed by atoms with van der Waals surface area (Å²) in [4.78, 5) is 30.7. The largest absolute Gasteiger partial charge is 0.361 e. The van der Waals surface area contributed by atoms with E-state index in [1.54, 1.807) is 9.80 Å². The number of fused-ring (bicyclic) bond motifs is 1. The summed E-state index contributed by atoms with van der Waals surface area (Å²) in [6.45, 7) is 0. The molecule has 5 nitrogen and oxygen atoms in total. The predicted octanol–water partition coefficient (Wildman–Crippen LogP) is 3.96. The molecule has 4 aromatic rings. The van der Waals surface area contributed by atoms with Crippen molar-refractivity contribution in [2.45, 2.75) is 6.17 Å². The highest BCUT2D eigenvalue weighted by molar-refractivity contribution is 6.12. The van der Waals surface area contributed by atoms with Gasteiger partial charge in [0.15, 0.2) is 0 Å². The zero-order valence-corrected chi connectivity index (χ0v) is 13.8. The SMILES string of the molecule is O=CN1c2cccc3cccc(c23)N(C=O)C1c1c[nH]c2ccccc12. The van der Waals surface area contributed by atoms with Crippen LogP contribution in [0.4, 0.5) is 11.4 Å². The number of para-hydroxylation sites is 1. The lowest BCUT2D eigenvalue weighted by Crippen LogP contribution is -2.43. The van der Waals surface area contributed by atoms with Crippen LogP contribution in [-0.2, 0) is 9.59 Å². The molecule has 3 aromatic carbocycles. The van der Waals surface area contributed by atoms with Crippen LogP contribution in [0.1, 0.15) is 11.7 Å². The van der Waals surface area contributed by atoms with E-state index < -0.39 is 6.17 Å². The van der Waals surface area contributed by atoms with Gasteiger partial charge in [-0.1, -0.05) is 42.5 Å². The van der Waals surface area contributed by atoms with Crippen molar-refractivity contribution < 1.29 is 9.59 Å². The molecule has 5 heteroatoms. The number of anilines is 2. The molecule has 0 fully saturated rings. The van der Waals surface area contributed by atoms with Crippen molar-refractivity contribution in [3.05, 3.63) is 72.4 Å². The number of nitrogens with zero attached hydrogens (tertiary/aromatic N) is 2. The van der Waals surface area contributed by atoms with Gasteiger partial charge in [-0.15, -0.1) is 0 Å². The molecular weight excluding hydrogens is 326 g/mol. The first-order valence-electron chi connectivity index (χ1n) is 8.38. The van der Waals surface area contributed by atoms with Gasteiger partial charge in [-0.25, -0.2) is 0 Å². The van der Waals surface area contributed by atoms with E-state index in [9.17, 15) is 9.59 Å². The molecule has 0 saturated heterocycles. The highest BCUT2D eigenvalue weighted by atomic mass is 16.1. The summed E-state index contributed by atoms with van der Waals surface area (Å²) in [5.74, 6) is 0. The van der Waals surface area contributed by atoms with E-state index in [0.29, 0.717) is 0 Å². The maximum Gasteiger partial charge on any atom is 0.216 e. The highest BCUT2D eigenvalue weighted by Gasteiger charge is 2.35. The Balaban J connectivity index is 1.83. The number of hydrogen-bond acceptors (Lipinski definition) is 2. The summed E-state index contributed by atoms with van der Waals surface area (Å²) >= 11 is 0. The van der Waals surface area contributed by atoms with Crippen molar-refractivity contribution in [1.82, 2.24) is 4.98 Å². The van der Waals surface area contributed by atoms with E-state index in [4.69, 9.17) is 0 Å². The van der Waals surface area contributed by atoms with E-state index >= 15 is 0 Å². The number of nitrogens with one attached hydrogen (secondary N) is 1. The van der Waals surface area contributed by atoms with Gasteiger partial charge in [-0.05, 0) is 23.6 Å². The van der Waals surface area contributed by atoms with Gasteiger partial charge < -0.3 is 4.98 Å². The van der Waals surface area contributed by atoms with Gasteiger partial charge in [-0.3, -0.25) is 19.4 Å². The first-order chi connectivity index (χ1) is 12.8. The third kappa shape index (κ3) is 1.85. The number of benzene rings is 3. The fourth-order valence-electron chi connectivity index (χ4n) is 3.97. The molecule has 0 bridgehead atoms. The first-order valence-corrected chi connectivity index (χ1v) is 8.38. The van der Waals surface area contributed by atoms with E-state index in [-0.39, 0.29) is 0 Å². The van der Waals surface area contributed by atoms with Crippen LogP contribution < -0.4 is 9.80 Å². The molecule has 0 aliphatic carbocycles. The Labute approximate surface area is 149 Å². The molecule has 0 spiro atoms. The Morgan fingerprint density at radius 1 is 0.808 bits per heavy atom. The number of carbonyl (C=O) groups excluding carboxylic acids is 2. The third-order valence-electron chi connectivity index (χ3n) is 5.07. The maximum atomic E-state index is 12.1. The second kappa shape index (κ2) is 5.46. The lowest BCUT2D eigenvalue weighted by atomic mass is 9.99. The Bertz CT molecular complexity index is 1110. The average molecular weight is 341 g/mol. The summed E-state index contributed by atoms with van der Waals surface area (Å²) in [6, 6.07) is 19.6. The smallest absolute Gasteiger partial charge is 0.216 e. The zero-order chi connectivity index (χ0) is 17.7. The van der Waals surface area contributed by atoms with Crippen molar-refractivity contribution in [2.75, 3.05) is 9.80 Å². The zero-order valence-electron chi connectivity index (χ0n) is 13.8. The summed E-state index contributed by atoms with van der Waals surface area (Å²) in [6.07, 6.45) is 2.93. The highest BCUT2D eigenvalue weighted by Crippen LogP contribution is 2.46. The van der Waals surface area contributed by atoms with Crippen LogP contribution >= 0.6 is 0 Å². The molecule has 2 amide bonds. The van der Waals surface area contributed by atoms with Crippen molar-refractivity contribution >= 4 is 45.9 Å².